The molecular formula is C13H20BrNO. The molecule has 0 saturated carbocycles. The Morgan fingerprint density at radius 2 is 2.00 bits per heavy atom. The van der Waals surface area contributed by atoms with E-state index < -0.39 is 0 Å². The summed E-state index contributed by atoms with van der Waals surface area (Å²) in [6.07, 6.45) is 2.43. The van der Waals surface area contributed by atoms with Crippen molar-refractivity contribution in [2.75, 3.05) is 19.0 Å². The van der Waals surface area contributed by atoms with E-state index in [4.69, 9.17) is 4.74 Å². The van der Waals surface area contributed by atoms with Gasteiger partial charge in [-0.3, -0.25) is 0 Å². The third kappa shape index (κ3) is 3.71. The first-order valence-electron chi connectivity index (χ1n) is 5.78. The zero-order valence-electron chi connectivity index (χ0n) is 10.2. The number of benzene rings is 1. The fraction of sp³-hybridized carbons (Fsp3) is 0.538. The maximum absolute atomic E-state index is 5.21. The van der Waals surface area contributed by atoms with Crippen molar-refractivity contribution in [2.45, 2.75) is 26.7 Å². The fourth-order valence-corrected chi connectivity index (χ4v) is 1.99. The lowest BCUT2D eigenvalue weighted by Gasteiger charge is -2.15. The first-order chi connectivity index (χ1) is 7.71. The molecule has 0 aliphatic carbocycles. The number of methoxy groups -OCH3 is 1. The van der Waals surface area contributed by atoms with Crippen LogP contribution in [0.3, 0.4) is 0 Å². The minimum atomic E-state index is 0.734. The topological polar surface area (TPSA) is 21.3 Å². The highest BCUT2D eigenvalue weighted by Gasteiger charge is 2.05. The number of hydrogen-bond donors (Lipinski definition) is 1. The first kappa shape index (κ1) is 13.4. The Morgan fingerprint density at radius 1 is 1.31 bits per heavy atom. The SMILES string of the molecule is CCC(CC)CNc1cc(OC)ccc1Br. The second-order valence-corrected chi connectivity index (χ2v) is 4.76. The lowest BCUT2D eigenvalue weighted by Crippen LogP contribution is -2.12. The van der Waals surface area contributed by atoms with E-state index in [1.807, 2.05) is 18.2 Å². The van der Waals surface area contributed by atoms with Crippen LogP contribution >= 0.6 is 15.9 Å². The van der Waals surface area contributed by atoms with Crippen LogP contribution in [-0.2, 0) is 0 Å². The quantitative estimate of drug-likeness (QED) is 0.841. The minimum Gasteiger partial charge on any atom is -0.497 e. The molecule has 0 bridgehead atoms. The Labute approximate surface area is 107 Å². The van der Waals surface area contributed by atoms with Crippen LogP contribution in [0.4, 0.5) is 5.69 Å². The van der Waals surface area contributed by atoms with Crippen molar-refractivity contribution >= 4 is 21.6 Å². The van der Waals surface area contributed by atoms with Gasteiger partial charge in [-0.15, -0.1) is 0 Å². The molecule has 1 aromatic carbocycles. The molecule has 0 amide bonds. The summed E-state index contributed by atoms with van der Waals surface area (Å²) >= 11 is 3.54. The van der Waals surface area contributed by atoms with E-state index in [1.165, 1.54) is 12.8 Å². The van der Waals surface area contributed by atoms with Crippen molar-refractivity contribution < 1.29 is 4.74 Å². The van der Waals surface area contributed by atoms with Crippen molar-refractivity contribution in [3.63, 3.8) is 0 Å². The van der Waals surface area contributed by atoms with E-state index in [0.29, 0.717) is 0 Å². The van der Waals surface area contributed by atoms with Crippen molar-refractivity contribution in [3.05, 3.63) is 22.7 Å². The normalized spacial score (nSPS) is 10.6. The second kappa shape index (κ2) is 6.79. The van der Waals surface area contributed by atoms with Gasteiger partial charge in [-0.2, -0.15) is 0 Å². The number of hydrogen-bond acceptors (Lipinski definition) is 2. The summed E-state index contributed by atoms with van der Waals surface area (Å²) in [6.45, 7) is 5.48. The van der Waals surface area contributed by atoms with E-state index in [-0.39, 0.29) is 0 Å². The average molecular weight is 286 g/mol. The van der Waals surface area contributed by atoms with Crippen molar-refractivity contribution in [2.24, 2.45) is 5.92 Å². The van der Waals surface area contributed by atoms with Gasteiger partial charge in [0, 0.05) is 17.1 Å². The van der Waals surface area contributed by atoms with Crippen LogP contribution in [0.15, 0.2) is 22.7 Å². The third-order valence-corrected chi connectivity index (χ3v) is 3.60. The van der Waals surface area contributed by atoms with Crippen molar-refractivity contribution in [3.8, 4) is 5.75 Å². The molecule has 0 heterocycles. The second-order valence-electron chi connectivity index (χ2n) is 3.91. The molecule has 1 aromatic rings. The molecule has 0 aliphatic heterocycles. The van der Waals surface area contributed by atoms with Crippen LogP contribution in [0.2, 0.25) is 0 Å². The number of anilines is 1. The smallest absolute Gasteiger partial charge is 0.121 e. The van der Waals surface area contributed by atoms with Gasteiger partial charge >= 0.3 is 0 Å². The third-order valence-electron chi connectivity index (χ3n) is 2.91. The minimum absolute atomic E-state index is 0.734. The number of nitrogens with one attached hydrogen (secondary N) is 1. The van der Waals surface area contributed by atoms with Gasteiger partial charge in [-0.05, 0) is 34.0 Å². The van der Waals surface area contributed by atoms with Crippen LogP contribution in [0.5, 0.6) is 5.75 Å². The molecule has 16 heavy (non-hydrogen) atoms. The predicted octanol–water partition coefficient (Wildman–Crippen LogP) is 4.31. The van der Waals surface area contributed by atoms with E-state index in [1.54, 1.807) is 7.11 Å². The highest BCUT2D eigenvalue weighted by molar-refractivity contribution is 9.10. The largest absolute Gasteiger partial charge is 0.497 e. The summed E-state index contributed by atoms with van der Waals surface area (Å²) in [5.41, 5.74) is 1.10. The summed E-state index contributed by atoms with van der Waals surface area (Å²) in [4.78, 5) is 0. The van der Waals surface area contributed by atoms with E-state index in [9.17, 15) is 0 Å². The number of rotatable bonds is 6. The molecule has 2 nitrogen and oxygen atoms in total. The average Bonchev–Trinajstić information content (AvgIpc) is 2.32. The Balaban J connectivity index is 2.65. The van der Waals surface area contributed by atoms with Crippen LogP contribution in [-0.4, -0.2) is 13.7 Å². The van der Waals surface area contributed by atoms with Crippen LogP contribution in [0.25, 0.3) is 0 Å². The first-order valence-corrected chi connectivity index (χ1v) is 6.57. The molecule has 0 unspecified atom stereocenters. The van der Waals surface area contributed by atoms with Gasteiger partial charge < -0.3 is 10.1 Å². The molecular weight excluding hydrogens is 266 g/mol. The molecule has 3 heteroatoms. The molecule has 90 valence electrons. The maximum atomic E-state index is 5.21. The summed E-state index contributed by atoms with van der Waals surface area (Å²) in [5.74, 6) is 1.62. The van der Waals surface area contributed by atoms with E-state index in [0.717, 1.165) is 28.4 Å². The van der Waals surface area contributed by atoms with Gasteiger partial charge in [-0.1, -0.05) is 26.7 Å². The zero-order valence-corrected chi connectivity index (χ0v) is 11.8. The predicted molar refractivity (Wildman–Crippen MR) is 73.3 cm³/mol. The maximum Gasteiger partial charge on any atom is 0.121 e. The van der Waals surface area contributed by atoms with Crippen molar-refractivity contribution in [1.82, 2.24) is 0 Å². The molecule has 0 saturated heterocycles. The summed E-state index contributed by atoms with van der Waals surface area (Å²) in [7, 11) is 1.69. The van der Waals surface area contributed by atoms with Gasteiger partial charge in [0.15, 0.2) is 0 Å². The van der Waals surface area contributed by atoms with E-state index >= 15 is 0 Å². The van der Waals surface area contributed by atoms with Crippen molar-refractivity contribution in [1.29, 1.82) is 0 Å². The van der Waals surface area contributed by atoms with Gasteiger partial charge in [0.05, 0.1) is 12.8 Å². The van der Waals surface area contributed by atoms with Crippen LogP contribution in [0.1, 0.15) is 26.7 Å². The molecule has 0 radical (unpaired) electrons. The summed E-state index contributed by atoms with van der Waals surface area (Å²) in [6, 6.07) is 5.98. The highest BCUT2D eigenvalue weighted by atomic mass is 79.9. The molecule has 0 atom stereocenters. The Hall–Kier alpha value is -0.700. The van der Waals surface area contributed by atoms with E-state index in [2.05, 4.69) is 35.1 Å². The summed E-state index contributed by atoms with van der Waals surface area (Å²) in [5, 5.41) is 3.46. The monoisotopic (exact) mass is 285 g/mol. The Bertz CT molecular complexity index is 324. The Morgan fingerprint density at radius 3 is 2.56 bits per heavy atom. The fourth-order valence-electron chi connectivity index (χ4n) is 1.60. The number of ether oxygens (including phenoxy) is 1. The molecule has 0 spiro atoms. The number of halogens is 1. The van der Waals surface area contributed by atoms with Crippen LogP contribution in [0, 0.1) is 5.92 Å². The van der Waals surface area contributed by atoms with Gasteiger partial charge in [0.25, 0.3) is 0 Å². The molecule has 0 fully saturated rings. The standard InChI is InChI=1S/C13H20BrNO/c1-4-10(5-2)9-15-13-8-11(16-3)6-7-12(13)14/h6-8,10,15H,4-5,9H2,1-3H3. The zero-order chi connectivity index (χ0) is 12.0. The van der Waals surface area contributed by atoms with Crippen LogP contribution < -0.4 is 10.1 Å². The lowest BCUT2D eigenvalue weighted by molar-refractivity contribution is 0.415. The van der Waals surface area contributed by atoms with Gasteiger partial charge in [-0.25, -0.2) is 0 Å². The highest BCUT2D eigenvalue weighted by Crippen LogP contribution is 2.27. The van der Waals surface area contributed by atoms with Gasteiger partial charge in [0.2, 0.25) is 0 Å². The summed E-state index contributed by atoms with van der Waals surface area (Å²) < 4.78 is 6.29. The molecule has 0 aromatic heterocycles. The lowest BCUT2D eigenvalue weighted by atomic mass is 10.0. The molecule has 1 rings (SSSR count). The molecule has 1 N–H and O–H groups in total. The van der Waals surface area contributed by atoms with Gasteiger partial charge in [0.1, 0.15) is 5.75 Å². The molecule has 0 aliphatic rings. The Kier molecular flexibility index (Phi) is 5.67.